The van der Waals surface area contributed by atoms with Crippen LogP contribution in [0.15, 0.2) is 29.3 Å². The van der Waals surface area contributed by atoms with Crippen LogP contribution in [0.5, 0.6) is 0 Å². The van der Waals surface area contributed by atoms with Gasteiger partial charge in [0.05, 0.1) is 12.2 Å². The fourth-order valence-corrected chi connectivity index (χ4v) is 3.12. The van der Waals surface area contributed by atoms with Crippen molar-refractivity contribution in [3.05, 3.63) is 50.4 Å². The molecule has 22 heavy (non-hydrogen) atoms. The Morgan fingerprint density at radius 3 is 2.68 bits per heavy atom. The van der Waals surface area contributed by atoms with Crippen molar-refractivity contribution in [2.24, 2.45) is 4.99 Å². The molecule has 0 fully saturated rings. The van der Waals surface area contributed by atoms with Gasteiger partial charge >= 0.3 is 0 Å². The lowest BCUT2D eigenvalue weighted by molar-refractivity contribution is 0.790. The highest BCUT2D eigenvalue weighted by Crippen LogP contribution is 2.16. The summed E-state index contributed by atoms with van der Waals surface area (Å²) in [7, 11) is 1.77. The fourth-order valence-electron chi connectivity index (χ4n) is 2.01. The van der Waals surface area contributed by atoms with Gasteiger partial charge in [0.15, 0.2) is 5.96 Å². The number of hydrogen-bond donors (Lipinski definition) is 2. The lowest BCUT2D eigenvalue weighted by Crippen LogP contribution is -2.37. The number of guanidine groups is 1. The third kappa shape index (κ3) is 4.71. The van der Waals surface area contributed by atoms with Crippen LogP contribution in [0.25, 0.3) is 0 Å². The van der Waals surface area contributed by atoms with Gasteiger partial charge in [0.1, 0.15) is 5.01 Å². The van der Waals surface area contributed by atoms with E-state index in [1.165, 1.54) is 4.88 Å². The van der Waals surface area contributed by atoms with Crippen LogP contribution in [0, 0.1) is 13.8 Å². The molecule has 4 nitrogen and oxygen atoms in total. The second kappa shape index (κ2) is 8.15. The zero-order chi connectivity index (χ0) is 15.9. The van der Waals surface area contributed by atoms with E-state index in [4.69, 9.17) is 11.6 Å². The molecule has 0 atom stereocenters. The average molecular weight is 337 g/mol. The van der Waals surface area contributed by atoms with Gasteiger partial charge in [0.25, 0.3) is 0 Å². The van der Waals surface area contributed by atoms with E-state index in [9.17, 15) is 0 Å². The third-order valence-corrected chi connectivity index (χ3v) is 4.79. The van der Waals surface area contributed by atoms with Crippen LogP contribution >= 0.6 is 22.9 Å². The summed E-state index contributed by atoms with van der Waals surface area (Å²) in [6, 6.07) is 7.90. The van der Waals surface area contributed by atoms with E-state index in [-0.39, 0.29) is 0 Å². The maximum absolute atomic E-state index is 6.15. The molecule has 1 aromatic heterocycles. The van der Waals surface area contributed by atoms with Gasteiger partial charge in [-0.05, 0) is 31.9 Å². The smallest absolute Gasteiger partial charge is 0.191 e. The van der Waals surface area contributed by atoms with Crippen LogP contribution in [0.4, 0.5) is 0 Å². The first kappa shape index (κ1) is 16.8. The minimum atomic E-state index is 0.686. The van der Waals surface area contributed by atoms with Crippen molar-refractivity contribution in [3.63, 3.8) is 0 Å². The van der Waals surface area contributed by atoms with Crippen molar-refractivity contribution < 1.29 is 0 Å². The monoisotopic (exact) mass is 336 g/mol. The van der Waals surface area contributed by atoms with Gasteiger partial charge < -0.3 is 10.6 Å². The van der Waals surface area contributed by atoms with Crippen molar-refractivity contribution >= 4 is 28.9 Å². The number of hydrogen-bond acceptors (Lipinski definition) is 3. The minimum absolute atomic E-state index is 0.686. The third-order valence-electron chi connectivity index (χ3n) is 3.35. The molecule has 2 rings (SSSR count). The topological polar surface area (TPSA) is 49.3 Å². The first-order chi connectivity index (χ1) is 10.6. The molecule has 118 valence electrons. The van der Waals surface area contributed by atoms with Crippen LogP contribution in [0.3, 0.4) is 0 Å². The Hall–Kier alpha value is -1.59. The van der Waals surface area contributed by atoms with Gasteiger partial charge in [-0.3, -0.25) is 4.99 Å². The molecule has 0 amide bonds. The number of benzene rings is 1. The highest BCUT2D eigenvalue weighted by atomic mass is 35.5. The summed E-state index contributed by atoms with van der Waals surface area (Å²) in [6.07, 6.45) is 0.857. The van der Waals surface area contributed by atoms with Crippen LogP contribution < -0.4 is 10.6 Å². The molecular weight excluding hydrogens is 316 g/mol. The lowest BCUT2D eigenvalue weighted by Gasteiger charge is -2.11. The van der Waals surface area contributed by atoms with E-state index < -0.39 is 0 Å². The first-order valence-electron chi connectivity index (χ1n) is 7.21. The number of nitrogens with zero attached hydrogens (tertiary/aromatic N) is 2. The molecule has 0 aliphatic heterocycles. The molecule has 6 heteroatoms. The summed E-state index contributed by atoms with van der Waals surface area (Å²) in [5.41, 5.74) is 2.24. The number of aromatic nitrogens is 1. The van der Waals surface area contributed by atoms with E-state index in [1.54, 1.807) is 18.4 Å². The van der Waals surface area contributed by atoms with Gasteiger partial charge in [-0.15, -0.1) is 11.3 Å². The summed E-state index contributed by atoms with van der Waals surface area (Å²) in [5, 5.41) is 8.45. The Bertz CT molecular complexity index is 632. The van der Waals surface area contributed by atoms with Gasteiger partial charge in [-0.1, -0.05) is 29.8 Å². The quantitative estimate of drug-likeness (QED) is 0.650. The Balaban J connectivity index is 1.79. The van der Waals surface area contributed by atoms with Crippen molar-refractivity contribution in [2.75, 3.05) is 13.6 Å². The van der Waals surface area contributed by atoms with Crippen molar-refractivity contribution in [3.8, 4) is 0 Å². The Kier molecular flexibility index (Phi) is 6.21. The number of thiazole rings is 1. The molecule has 0 saturated heterocycles. The maximum atomic E-state index is 6.15. The number of aliphatic imine (C=N–C) groups is 1. The predicted octanol–water partition coefficient (Wildman–Crippen LogP) is 3.32. The van der Waals surface area contributed by atoms with E-state index >= 15 is 0 Å². The molecule has 0 aliphatic rings. The molecule has 1 aromatic carbocycles. The van der Waals surface area contributed by atoms with Gasteiger partial charge in [-0.25, -0.2) is 4.98 Å². The van der Waals surface area contributed by atoms with Gasteiger partial charge in [-0.2, -0.15) is 0 Å². The fraction of sp³-hybridized carbons (Fsp3) is 0.375. The van der Waals surface area contributed by atoms with Crippen LogP contribution in [-0.2, 0) is 13.0 Å². The molecule has 2 aromatic rings. The number of nitrogens with one attached hydrogen (secondary N) is 2. The summed E-state index contributed by atoms with van der Waals surface area (Å²) in [6.45, 7) is 5.59. The Morgan fingerprint density at radius 2 is 2.05 bits per heavy atom. The minimum Gasteiger partial charge on any atom is -0.356 e. The largest absolute Gasteiger partial charge is 0.356 e. The molecule has 0 aliphatic carbocycles. The summed E-state index contributed by atoms with van der Waals surface area (Å²) in [4.78, 5) is 10.00. The van der Waals surface area contributed by atoms with Gasteiger partial charge in [0, 0.05) is 23.5 Å². The molecule has 0 saturated carbocycles. The molecule has 0 radical (unpaired) electrons. The highest BCUT2D eigenvalue weighted by Gasteiger charge is 2.05. The van der Waals surface area contributed by atoms with Gasteiger partial charge in [0.2, 0.25) is 0 Å². The zero-order valence-electron chi connectivity index (χ0n) is 13.1. The predicted molar refractivity (Wildman–Crippen MR) is 94.9 cm³/mol. The molecule has 0 bridgehead atoms. The number of aryl methyl sites for hydroxylation is 2. The van der Waals surface area contributed by atoms with Crippen LogP contribution in [0.1, 0.15) is 21.1 Å². The number of halogens is 1. The first-order valence-corrected chi connectivity index (χ1v) is 8.40. The summed E-state index contributed by atoms with van der Waals surface area (Å²) >= 11 is 7.87. The van der Waals surface area contributed by atoms with E-state index in [0.717, 1.165) is 40.2 Å². The molecular formula is C16H21ClN4S. The molecule has 0 spiro atoms. The second-order valence-corrected chi connectivity index (χ2v) is 6.64. The lowest BCUT2D eigenvalue weighted by atomic mass is 10.1. The highest BCUT2D eigenvalue weighted by molar-refractivity contribution is 7.11. The van der Waals surface area contributed by atoms with Crippen LogP contribution in [-0.4, -0.2) is 24.5 Å². The normalized spacial score (nSPS) is 11.5. The molecule has 0 unspecified atom stereocenters. The Morgan fingerprint density at radius 1 is 1.27 bits per heavy atom. The Labute approximate surface area is 140 Å². The van der Waals surface area contributed by atoms with E-state index in [1.807, 2.05) is 31.2 Å². The van der Waals surface area contributed by atoms with E-state index in [2.05, 4.69) is 27.5 Å². The average Bonchev–Trinajstić information content (AvgIpc) is 2.83. The molecule has 1 heterocycles. The van der Waals surface area contributed by atoms with Crippen molar-refractivity contribution in [2.45, 2.75) is 26.8 Å². The SMILES string of the molecule is CN=C(NCCc1ccccc1Cl)NCc1nc(C)c(C)s1. The molecule has 2 N–H and O–H groups in total. The second-order valence-electron chi connectivity index (χ2n) is 4.94. The zero-order valence-corrected chi connectivity index (χ0v) is 14.7. The summed E-state index contributed by atoms with van der Waals surface area (Å²) < 4.78 is 0. The van der Waals surface area contributed by atoms with Crippen molar-refractivity contribution in [1.82, 2.24) is 15.6 Å². The standard InChI is InChI=1S/C16H21ClN4S/c1-11-12(2)22-15(21-11)10-20-16(18-3)19-9-8-13-6-4-5-7-14(13)17/h4-7H,8-10H2,1-3H3,(H2,18,19,20). The van der Waals surface area contributed by atoms with Crippen LogP contribution in [0.2, 0.25) is 5.02 Å². The summed E-state index contributed by atoms with van der Waals surface area (Å²) in [5.74, 6) is 0.776. The van der Waals surface area contributed by atoms with E-state index in [0.29, 0.717) is 6.54 Å². The van der Waals surface area contributed by atoms with Crippen molar-refractivity contribution in [1.29, 1.82) is 0 Å². The number of rotatable bonds is 5. The maximum Gasteiger partial charge on any atom is 0.191 e.